The van der Waals surface area contributed by atoms with Crippen LogP contribution in [0.4, 0.5) is 0 Å². The molecule has 1 saturated heterocycles. The Labute approximate surface area is 136 Å². The molecule has 1 aliphatic heterocycles. The van der Waals surface area contributed by atoms with Crippen LogP contribution in [0.3, 0.4) is 0 Å². The zero-order valence-electron chi connectivity index (χ0n) is 13.4. The first kappa shape index (κ1) is 17.1. The molecule has 0 saturated carbocycles. The minimum absolute atomic E-state index is 0.00283. The first-order valence-electron chi connectivity index (χ1n) is 7.82. The van der Waals surface area contributed by atoms with Crippen LogP contribution < -0.4 is 0 Å². The Morgan fingerprint density at radius 1 is 1.26 bits per heavy atom. The molecule has 1 atom stereocenters. The van der Waals surface area contributed by atoms with E-state index in [1.54, 1.807) is 9.80 Å². The van der Waals surface area contributed by atoms with Crippen LogP contribution in [-0.4, -0.2) is 66.2 Å². The molecule has 1 aromatic rings. The minimum Gasteiger partial charge on any atom is -0.323 e. The van der Waals surface area contributed by atoms with Gasteiger partial charge in [0.1, 0.15) is 12.5 Å². The highest BCUT2D eigenvalue weighted by Gasteiger charge is 2.33. The lowest BCUT2D eigenvalue weighted by atomic mass is 10.1. The summed E-state index contributed by atoms with van der Waals surface area (Å²) in [6.07, 6.45) is 1.88. The average molecular weight is 317 g/mol. The molecule has 6 heteroatoms. The fraction of sp³-hybridized carbons (Fsp3) is 0.471. The molecule has 0 aromatic heterocycles. The van der Waals surface area contributed by atoms with Crippen molar-refractivity contribution in [3.63, 3.8) is 0 Å². The Bertz CT molecular complexity index is 535. The fourth-order valence-corrected chi connectivity index (χ4v) is 2.89. The summed E-state index contributed by atoms with van der Waals surface area (Å²) in [6, 6.07) is 10.0. The standard InChI is InChI=1S/C17H23N3O3/c1-18(12-15-6-3-2-4-7-15)13-16-19(14-22)10-8-17(23)20(16)9-5-11-21/h2-4,6-7,11,14,16H,5,8-10,12-13H2,1H3. The molecule has 0 bridgehead atoms. The maximum absolute atomic E-state index is 12.2. The highest BCUT2D eigenvalue weighted by molar-refractivity contribution is 5.78. The van der Waals surface area contributed by atoms with Gasteiger partial charge in [-0.2, -0.15) is 0 Å². The number of benzene rings is 1. The van der Waals surface area contributed by atoms with Crippen LogP contribution in [0.25, 0.3) is 0 Å². The number of likely N-dealkylation sites (N-methyl/N-ethyl adjacent to an activating group) is 1. The second kappa shape index (κ2) is 8.43. The molecule has 1 heterocycles. The van der Waals surface area contributed by atoms with Crippen molar-refractivity contribution in [2.24, 2.45) is 0 Å². The van der Waals surface area contributed by atoms with Crippen molar-refractivity contribution < 1.29 is 14.4 Å². The topological polar surface area (TPSA) is 60.9 Å². The van der Waals surface area contributed by atoms with E-state index in [0.717, 1.165) is 19.2 Å². The van der Waals surface area contributed by atoms with Gasteiger partial charge in [0.15, 0.2) is 0 Å². The SMILES string of the molecule is CN(Cc1ccccc1)CC1N(C=O)CCC(=O)N1CCC=O. The lowest BCUT2D eigenvalue weighted by Gasteiger charge is -2.43. The van der Waals surface area contributed by atoms with Gasteiger partial charge in [0.05, 0.1) is 0 Å². The number of carbonyl (C=O) groups excluding carboxylic acids is 3. The van der Waals surface area contributed by atoms with E-state index in [1.807, 2.05) is 37.4 Å². The van der Waals surface area contributed by atoms with Crippen LogP contribution in [-0.2, 0) is 20.9 Å². The highest BCUT2D eigenvalue weighted by Crippen LogP contribution is 2.16. The minimum atomic E-state index is -0.317. The van der Waals surface area contributed by atoms with Gasteiger partial charge in [0.2, 0.25) is 12.3 Å². The van der Waals surface area contributed by atoms with Gasteiger partial charge in [-0.05, 0) is 12.6 Å². The number of hydrogen-bond donors (Lipinski definition) is 0. The molecule has 0 aliphatic carbocycles. The Kier molecular flexibility index (Phi) is 6.29. The second-order valence-corrected chi connectivity index (χ2v) is 5.80. The van der Waals surface area contributed by atoms with E-state index in [9.17, 15) is 14.4 Å². The molecule has 2 amide bonds. The second-order valence-electron chi connectivity index (χ2n) is 5.80. The van der Waals surface area contributed by atoms with Gasteiger partial charge in [-0.1, -0.05) is 30.3 Å². The summed E-state index contributed by atoms with van der Waals surface area (Å²) in [4.78, 5) is 39.5. The van der Waals surface area contributed by atoms with Gasteiger partial charge in [0.25, 0.3) is 0 Å². The number of amides is 2. The van der Waals surface area contributed by atoms with Gasteiger partial charge in [-0.15, -0.1) is 0 Å². The maximum atomic E-state index is 12.2. The third-order valence-electron chi connectivity index (χ3n) is 4.04. The summed E-state index contributed by atoms with van der Waals surface area (Å²) in [5.41, 5.74) is 1.18. The van der Waals surface area contributed by atoms with Crippen LogP contribution in [0.1, 0.15) is 18.4 Å². The van der Waals surface area contributed by atoms with Gasteiger partial charge >= 0.3 is 0 Å². The molecule has 1 fully saturated rings. The van der Waals surface area contributed by atoms with Gasteiger partial charge in [-0.3, -0.25) is 14.5 Å². The number of hydrogen-bond acceptors (Lipinski definition) is 4. The third kappa shape index (κ3) is 4.63. The first-order chi connectivity index (χ1) is 11.2. The Hall–Kier alpha value is -2.21. The van der Waals surface area contributed by atoms with Crippen LogP contribution in [0, 0.1) is 0 Å². The van der Waals surface area contributed by atoms with E-state index in [1.165, 1.54) is 5.56 Å². The monoisotopic (exact) mass is 317 g/mol. The predicted octanol–water partition coefficient (Wildman–Crippen LogP) is 0.724. The van der Waals surface area contributed by atoms with Crippen LogP contribution in [0.15, 0.2) is 30.3 Å². The number of aldehydes is 1. The van der Waals surface area contributed by atoms with Gasteiger partial charge in [-0.25, -0.2) is 0 Å². The van der Waals surface area contributed by atoms with Crippen molar-refractivity contribution in [3.8, 4) is 0 Å². The molecule has 124 valence electrons. The van der Waals surface area contributed by atoms with E-state index in [4.69, 9.17) is 0 Å². The maximum Gasteiger partial charge on any atom is 0.226 e. The molecule has 1 aromatic carbocycles. The van der Waals surface area contributed by atoms with Crippen LogP contribution in [0.2, 0.25) is 0 Å². The molecular weight excluding hydrogens is 294 g/mol. The molecular formula is C17H23N3O3. The number of rotatable bonds is 8. The molecule has 0 spiro atoms. The molecule has 0 radical (unpaired) electrons. The van der Waals surface area contributed by atoms with Gasteiger partial charge < -0.3 is 14.6 Å². The summed E-state index contributed by atoms with van der Waals surface area (Å²) in [6.45, 7) is 2.08. The van der Waals surface area contributed by atoms with E-state index < -0.39 is 0 Å². The molecule has 1 unspecified atom stereocenters. The third-order valence-corrected chi connectivity index (χ3v) is 4.04. The summed E-state index contributed by atoms with van der Waals surface area (Å²) >= 11 is 0. The Balaban J connectivity index is 2.05. The molecule has 0 N–H and O–H groups in total. The molecule has 6 nitrogen and oxygen atoms in total. The smallest absolute Gasteiger partial charge is 0.226 e. The lowest BCUT2D eigenvalue weighted by Crippen LogP contribution is -2.59. The van der Waals surface area contributed by atoms with Crippen molar-refractivity contribution in [1.29, 1.82) is 0 Å². The quantitative estimate of drug-likeness (QED) is 0.663. The van der Waals surface area contributed by atoms with E-state index >= 15 is 0 Å². The largest absolute Gasteiger partial charge is 0.323 e. The first-order valence-corrected chi connectivity index (χ1v) is 7.82. The highest BCUT2D eigenvalue weighted by atomic mass is 16.2. The van der Waals surface area contributed by atoms with Crippen molar-refractivity contribution in [2.45, 2.75) is 25.6 Å². The Morgan fingerprint density at radius 3 is 2.65 bits per heavy atom. The Morgan fingerprint density at radius 2 is 2.00 bits per heavy atom. The van der Waals surface area contributed by atoms with Crippen LogP contribution in [0.5, 0.6) is 0 Å². The summed E-state index contributed by atoms with van der Waals surface area (Å²) in [5, 5.41) is 0. The average Bonchev–Trinajstić information content (AvgIpc) is 2.55. The van der Waals surface area contributed by atoms with Crippen molar-refractivity contribution in [2.75, 3.05) is 26.7 Å². The van der Waals surface area contributed by atoms with Crippen LogP contribution >= 0.6 is 0 Å². The van der Waals surface area contributed by atoms with Crippen molar-refractivity contribution in [1.82, 2.24) is 14.7 Å². The predicted molar refractivity (Wildman–Crippen MR) is 86.3 cm³/mol. The zero-order chi connectivity index (χ0) is 16.7. The normalized spacial score (nSPS) is 18.3. The summed E-state index contributed by atoms with van der Waals surface area (Å²) in [7, 11) is 1.97. The zero-order valence-corrected chi connectivity index (χ0v) is 13.4. The molecule has 1 aliphatic rings. The lowest BCUT2D eigenvalue weighted by molar-refractivity contribution is -0.149. The van der Waals surface area contributed by atoms with E-state index in [2.05, 4.69) is 4.90 Å². The fourth-order valence-electron chi connectivity index (χ4n) is 2.89. The van der Waals surface area contributed by atoms with E-state index in [0.29, 0.717) is 26.1 Å². The summed E-state index contributed by atoms with van der Waals surface area (Å²) < 4.78 is 0. The molecule has 2 rings (SSSR count). The van der Waals surface area contributed by atoms with Crippen molar-refractivity contribution >= 4 is 18.6 Å². The number of nitrogens with zero attached hydrogens (tertiary/aromatic N) is 3. The van der Waals surface area contributed by atoms with E-state index in [-0.39, 0.29) is 18.5 Å². The van der Waals surface area contributed by atoms with Crippen molar-refractivity contribution in [3.05, 3.63) is 35.9 Å². The van der Waals surface area contributed by atoms with Gasteiger partial charge in [0, 0.05) is 39.0 Å². The summed E-state index contributed by atoms with van der Waals surface area (Å²) in [5.74, 6) is 0.00283. The number of carbonyl (C=O) groups is 3. The molecule has 23 heavy (non-hydrogen) atoms.